The summed E-state index contributed by atoms with van der Waals surface area (Å²) < 4.78 is 21.2. The Morgan fingerprint density at radius 1 is 1.36 bits per heavy atom. The summed E-state index contributed by atoms with van der Waals surface area (Å²) in [6, 6.07) is 1.48. The van der Waals surface area contributed by atoms with Crippen LogP contribution in [-0.4, -0.2) is 4.98 Å². The summed E-state index contributed by atoms with van der Waals surface area (Å²) in [5.74, 6) is 0. The fourth-order valence-electron chi connectivity index (χ4n) is 0.484. The van der Waals surface area contributed by atoms with Gasteiger partial charge in [-0.3, -0.25) is 4.98 Å². The van der Waals surface area contributed by atoms with E-state index < -0.39 is 10.7 Å². The minimum atomic E-state index is -2.18. The third kappa shape index (κ3) is 3.66. The van der Waals surface area contributed by atoms with Crippen molar-refractivity contribution in [1.29, 1.82) is 0 Å². The molecule has 0 radical (unpaired) electrons. The van der Waals surface area contributed by atoms with Crippen molar-refractivity contribution in [2.75, 3.05) is 0 Å². The molecule has 0 bridgehead atoms. The van der Waals surface area contributed by atoms with Crippen LogP contribution in [0.3, 0.4) is 0 Å². The van der Waals surface area contributed by atoms with E-state index in [1.807, 2.05) is 0 Å². The zero-order valence-electron chi connectivity index (χ0n) is 5.78. The van der Waals surface area contributed by atoms with Gasteiger partial charge in [0, 0.05) is 16.9 Å². The minimum Gasteiger partial charge on any atom is -0.420 e. The number of aromatic nitrogens is 1. The van der Waals surface area contributed by atoms with Crippen LogP contribution in [-0.2, 0) is 19.1 Å². The third-order valence-corrected chi connectivity index (χ3v) is 1.91. The molecule has 0 amide bonds. The first-order valence-electron chi connectivity index (χ1n) is 2.40. The Bertz CT molecular complexity index is 307. The first-order chi connectivity index (χ1) is 4.70. The van der Waals surface area contributed by atoms with Crippen LogP contribution in [0.2, 0.25) is 0 Å². The van der Waals surface area contributed by atoms with Crippen molar-refractivity contribution < 1.29 is 38.0 Å². The molecular formula is C5H3BrNNaO2S. The van der Waals surface area contributed by atoms with E-state index in [0.717, 1.165) is 0 Å². The first kappa shape index (κ1) is 11.6. The van der Waals surface area contributed by atoms with Crippen LogP contribution < -0.4 is 29.6 Å². The maximum atomic E-state index is 10.3. The Morgan fingerprint density at radius 3 is 2.36 bits per heavy atom. The van der Waals surface area contributed by atoms with Crippen molar-refractivity contribution in [3.05, 3.63) is 22.9 Å². The van der Waals surface area contributed by atoms with Crippen molar-refractivity contribution in [2.24, 2.45) is 0 Å². The molecule has 0 saturated carbocycles. The molecule has 1 rings (SSSR count). The van der Waals surface area contributed by atoms with Crippen LogP contribution in [0.4, 0.5) is 0 Å². The fraction of sp³-hybridized carbons (Fsp3) is 0. The Morgan fingerprint density at radius 2 is 2.00 bits per heavy atom. The van der Waals surface area contributed by atoms with E-state index in [1.165, 1.54) is 18.5 Å². The number of nitrogens with zero attached hydrogens (tertiary/aromatic N) is 1. The van der Waals surface area contributed by atoms with Crippen molar-refractivity contribution in [3.63, 3.8) is 0 Å². The van der Waals surface area contributed by atoms with Crippen LogP contribution >= 0.6 is 15.9 Å². The van der Waals surface area contributed by atoms with E-state index in [9.17, 15) is 8.42 Å². The molecule has 0 atom stereocenters. The van der Waals surface area contributed by atoms with Crippen LogP contribution in [0, 0.1) is 0 Å². The van der Waals surface area contributed by atoms with Gasteiger partial charge in [0.2, 0.25) is 0 Å². The number of pyridine rings is 1. The maximum absolute atomic E-state index is 10.3. The quantitative estimate of drug-likeness (QED) is 0.447. The molecule has 1 aromatic rings. The normalized spacial score (nSPS) is 9.27. The second-order valence-corrected chi connectivity index (χ2v) is 3.43. The maximum Gasteiger partial charge on any atom is 1.00 e. The van der Waals surface area contributed by atoms with E-state index in [0.29, 0.717) is 4.47 Å². The topological polar surface area (TPSA) is 47.0 Å². The van der Waals surface area contributed by atoms with Gasteiger partial charge in [-0.1, -0.05) is 11.0 Å². The molecule has 6 heteroatoms. The molecule has 54 valence electrons. The predicted molar refractivity (Wildman–Crippen MR) is 38.9 cm³/mol. The second-order valence-electron chi connectivity index (χ2n) is 1.57. The Kier molecular flexibility index (Phi) is 5.54. The van der Waals surface area contributed by atoms with Crippen LogP contribution in [0.5, 0.6) is 0 Å². The van der Waals surface area contributed by atoms with E-state index >= 15 is 0 Å². The molecule has 0 aliphatic rings. The number of rotatable bonds is 1. The zero-order chi connectivity index (χ0) is 7.56. The molecule has 0 saturated heterocycles. The smallest absolute Gasteiger partial charge is 0.420 e. The first-order valence-corrected chi connectivity index (χ1v) is 4.27. The van der Waals surface area contributed by atoms with E-state index in [2.05, 4.69) is 20.9 Å². The van der Waals surface area contributed by atoms with Crippen LogP contribution in [0.15, 0.2) is 27.8 Å². The van der Waals surface area contributed by atoms with Crippen LogP contribution in [0.25, 0.3) is 0 Å². The van der Waals surface area contributed by atoms with Crippen molar-refractivity contribution in [1.82, 2.24) is 4.98 Å². The standard InChI is InChI=1S/C5H3BrNO2S.Na/c6-4-1-5(10(8)9)3-7-2-4;/h1-3H;/q-1;+1. The van der Waals surface area contributed by atoms with E-state index in [1.54, 1.807) is 0 Å². The molecule has 0 aliphatic carbocycles. The average Bonchev–Trinajstić information content (AvgIpc) is 1.88. The molecular weight excluding hydrogens is 241 g/mol. The van der Waals surface area contributed by atoms with E-state index in [-0.39, 0.29) is 34.5 Å². The summed E-state index contributed by atoms with van der Waals surface area (Å²) in [7, 11) is -2.18. The molecule has 3 nitrogen and oxygen atoms in total. The van der Waals surface area contributed by atoms with Gasteiger partial charge in [0.1, 0.15) is 0 Å². The van der Waals surface area contributed by atoms with Gasteiger partial charge in [-0.15, -0.1) is 0 Å². The van der Waals surface area contributed by atoms with Gasteiger partial charge in [0.05, 0.1) is 0 Å². The number of halogens is 1. The summed E-state index contributed by atoms with van der Waals surface area (Å²) in [6.07, 6.45) is 2.81. The monoisotopic (exact) mass is 243 g/mol. The Balaban J connectivity index is 0.000001000. The SMILES string of the molecule is O=[S-](=O)c1cncc(Br)c1.[Na+]. The molecule has 0 aliphatic heterocycles. The summed E-state index contributed by atoms with van der Waals surface area (Å²) >= 11 is 3.09. The van der Waals surface area contributed by atoms with Gasteiger partial charge in [0.25, 0.3) is 0 Å². The second kappa shape index (κ2) is 5.27. The number of hydrogen-bond acceptors (Lipinski definition) is 4. The molecule has 0 spiro atoms. The average molecular weight is 244 g/mol. The molecule has 1 heterocycles. The van der Waals surface area contributed by atoms with Gasteiger partial charge >= 0.3 is 29.6 Å². The van der Waals surface area contributed by atoms with Crippen LogP contribution in [0.1, 0.15) is 0 Å². The van der Waals surface area contributed by atoms with Gasteiger partial charge in [-0.25, -0.2) is 0 Å². The Labute approximate surface area is 96.6 Å². The third-order valence-electron chi connectivity index (χ3n) is 0.872. The molecule has 1 aromatic heterocycles. The predicted octanol–water partition coefficient (Wildman–Crippen LogP) is -1.48. The zero-order valence-corrected chi connectivity index (χ0v) is 10.2. The molecule has 0 unspecified atom stereocenters. The largest absolute Gasteiger partial charge is 1.00 e. The molecule has 0 fully saturated rings. The minimum absolute atomic E-state index is 0. The van der Waals surface area contributed by atoms with Crippen molar-refractivity contribution in [3.8, 4) is 0 Å². The van der Waals surface area contributed by atoms with Gasteiger partial charge in [-0.2, -0.15) is 0 Å². The van der Waals surface area contributed by atoms with Crippen molar-refractivity contribution >= 4 is 26.6 Å². The van der Waals surface area contributed by atoms with E-state index in [4.69, 9.17) is 0 Å². The summed E-state index contributed by atoms with van der Waals surface area (Å²) in [5.41, 5.74) is 0. The van der Waals surface area contributed by atoms with Crippen molar-refractivity contribution in [2.45, 2.75) is 4.90 Å². The van der Waals surface area contributed by atoms with Gasteiger partial charge in [0.15, 0.2) is 0 Å². The fourth-order valence-corrected chi connectivity index (χ4v) is 1.37. The molecule has 11 heavy (non-hydrogen) atoms. The molecule has 0 N–H and O–H groups in total. The molecule has 0 aromatic carbocycles. The van der Waals surface area contributed by atoms with Gasteiger partial charge in [-0.05, 0) is 26.6 Å². The summed E-state index contributed by atoms with van der Waals surface area (Å²) in [6.45, 7) is 0. The summed E-state index contributed by atoms with van der Waals surface area (Å²) in [5, 5.41) is 0. The summed E-state index contributed by atoms with van der Waals surface area (Å²) in [4.78, 5) is 3.85. The van der Waals surface area contributed by atoms with Gasteiger partial charge < -0.3 is 8.42 Å². The Hall–Kier alpha value is 0.580. The number of hydrogen-bond donors (Lipinski definition) is 0.